The molecule has 4 nitrogen and oxygen atoms in total. The van der Waals surface area contributed by atoms with Gasteiger partial charge in [-0.25, -0.2) is 0 Å². The molecule has 0 aromatic carbocycles. The Balaban J connectivity index is 2.19. The number of rotatable bonds is 4. The van der Waals surface area contributed by atoms with E-state index < -0.39 is 12.0 Å². The van der Waals surface area contributed by atoms with Crippen molar-refractivity contribution < 1.29 is 9.90 Å². The molecule has 2 rings (SSSR count). The fourth-order valence-corrected chi connectivity index (χ4v) is 1.73. The van der Waals surface area contributed by atoms with Crippen molar-refractivity contribution >= 4 is 5.97 Å². The average molecular weight is 194 g/mol. The van der Waals surface area contributed by atoms with Gasteiger partial charge in [-0.1, -0.05) is 0 Å². The van der Waals surface area contributed by atoms with E-state index in [1.165, 1.54) is 0 Å². The summed E-state index contributed by atoms with van der Waals surface area (Å²) < 4.78 is 0. The summed E-state index contributed by atoms with van der Waals surface area (Å²) in [5.41, 5.74) is 0.756. The third-order valence-corrected chi connectivity index (χ3v) is 2.68. The normalized spacial score (nSPS) is 18.4. The predicted molar refractivity (Wildman–Crippen MR) is 52.0 cm³/mol. The Morgan fingerprint density at radius 1 is 1.71 bits per heavy atom. The molecule has 1 aliphatic carbocycles. The number of hydrogen-bond donors (Lipinski definition) is 2. The van der Waals surface area contributed by atoms with Crippen LogP contribution in [0.5, 0.6) is 0 Å². The van der Waals surface area contributed by atoms with E-state index >= 15 is 0 Å². The minimum Gasteiger partial charge on any atom is -0.480 e. The average Bonchev–Trinajstić information content (AvgIpc) is 2.85. The molecule has 0 amide bonds. The second kappa shape index (κ2) is 3.46. The first-order valence-corrected chi connectivity index (χ1v) is 4.78. The Labute approximate surface area is 82.5 Å². The molecule has 1 aromatic rings. The second-order valence-electron chi connectivity index (χ2n) is 3.76. The molecule has 14 heavy (non-hydrogen) atoms. The second-order valence-corrected chi connectivity index (χ2v) is 3.76. The van der Waals surface area contributed by atoms with Gasteiger partial charge in [0.2, 0.25) is 0 Å². The van der Waals surface area contributed by atoms with E-state index in [0.717, 1.165) is 18.5 Å². The van der Waals surface area contributed by atoms with Crippen LogP contribution in [0.3, 0.4) is 0 Å². The van der Waals surface area contributed by atoms with Crippen molar-refractivity contribution in [2.24, 2.45) is 0 Å². The van der Waals surface area contributed by atoms with Crippen molar-refractivity contribution in [3.8, 4) is 0 Å². The molecule has 1 saturated carbocycles. The first-order chi connectivity index (χ1) is 6.70. The smallest absolute Gasteiger partial charge is 0.327 e. The van der Waals surface area contributed by atoms with E-state index in [4.69, 9.17) is 5.11 Å². The molecule has 1 fully saturated rings. The highest BCUT2D eigenvalue weighted by atomic mass is 16.4. The lowest BCUT2D eigenvalue weighted by molar-refractivity contribution is -0.143. The van der Waals surface area contributed by atoms with Gasteiger partial charge in [-0.15, -0.1) is 0 Å². The van der Waals surface area contributed by atoms with Gasteiger partial charge in [0.15, 0.2) is 0 Å². The molecule has 2 N–H and O–H groups in total. The van der Waals surface area contributed by atoms with E-state index in [-0.39, 0.29) is 0 Å². The van der Waals surface area contributed by atoms with Crippen LogP contribution in [0.15, 0.2) is 18.3 Å². The zero-order valence-electron chi connectivity index (χ0n) is 8.10. The van der Waals surface area contributed by atoms with Crippen LogP contribution >= 0.6 is 0 Å². The summed E-state index contributed by atoms with van der Waals surface area (Å²) in [4.78, 5) is 16.0. The first-order valence-electron chi connectivity index (χ1n) is 4.78. The third-order valence-electron chi connectivity index (χ3n) is 2.68. The molecule has 1 heterocycles. The standard InChI is InChI=1S/C10H14N2O2/c1-12(7-4-5-7)9(10(13)14)8-3-2-6-11-8/h2-3,6-7,9,11H,4-5H2,1H3,(H,13,14). The van der Waals surface area contributed by atoms with Crippen molar-refractivity contribution in [3.63, 3.8) is 0 Å². The minimum atomic E-state index is -0.790. The molecule has 1 unspecified atom stereocenters. The van der Waals surface area contributed by atoms with Gasteiger partial charge in [-0.2, -0.15) is 0 Å². The number of aliphatic carboxylic acids is 1. The molecular weight excluding hydrogens is 180 g/mol. The summed E-state index contributed by atoms with van der Waals surface area (Å²) in [5.74, 6) is -0.790. The Morgan fingerprint density at radius 2 is 2.43 bits per heavy atom. The Kier molecular flexibility index (Phi) is 2.29. The van der Waals surface area contributed by atoms with Crippen molar-refractivity contribution in [1.29, 1.82) is 0 Å². The van der Waals surface area contributed by atoms with Crippen molar-refractivity contribution in [2.45, 2.75) is 24.9 Å². The number of carbonyl (C=O) groups is 1. The molecule has 1 atom stereocenters. The quantitative estimate of drug-likeness (QED) is 0.758. The Bertz CT molecular complexity index is 317. The molecule has 1 aliphatic rings. The van der Waals surface area contributed by atoms with Crippen LogP contribution in [0.4, 0.5) is 0 Å². The molecule has 0 bridgehead atoms. The van der Waals surface area contributed by atoms with Gasteiger partial charge >= 0.3 is 5.97 Å². The highest BCUT2D eigenvalue weighted by Crippen LogP contribution is 2.32. The van der Waals surface area contributed by atoms with Crippen molar-refractivity contribution in [1.82, 2.24) is 9.88 Å². The van der Waals surface area contributed by atoms with Gasteiger partial charge < -0.3 is 10.1 Å². The van der Waals surface area contributed by atoms with E-state index in [1.807, 2.05) is 24.1 Å². The maximum Gasteiger partial charge on any atom is 0.327 e. The lowest BCUT2D eigenvalue weighted by Gasteiger charge is -2.23. The number of carboxylic acid groups (broad SMARTS) is 1. The predicted octanol–water partition coefficient (Wildman–Crippen LogP) is 1.23. The van der Waals surface area contributed by atoms with Gasteiger partial charge in [-0.3, -0.25) is 9.69 Å². The SMILES string of the molecule is CN(C1CC1)C(C(=O)O)c1ccc[nH]1. The number of aromatic amines is 1. The fourth-order valence-electron chi connectivity index (χ4n) is 1.73. The molecule has 0 aliphatic heterocycles. The summed E-state index contributed by atoms with van der Waals surface area (Å²) in [7, 11) is 1.87. The molecule has 1 aromatic heterocycles. The highest BCUT2D eigenvalue weighted by molar-refractivity contribution is 5.75. The van der Waals surface area contributed by atoms with Crippen molar-refractivity contribution in [3.05, 3.63) is 24.0 Å². The van der Waals surface area contributed by atoms with Gasteiger partial charge in [0.05, 0.1) is 0 Å². The summed E-state index contributed by atoms with van der Waals surface area (Å²) in [6.07, 6.45) is 3.98. The largest absolute Gasteiger partial charge is 0.480 e. The molecule has 0 radical (unpaired) electrons. The number of nitrogens with zero attached hydrogens (tertiary/aromatic N) is 1. The van der Waals surface area contributed by atoms with E-state index in [9.17, 15) is 4.79 Å². The summed E-state index contributed by atoms with van der Waals surface area (Å²) >= 11 is 0. The maximum atomic E-state index is 11.1. The number of likely N-dealkylation sites (N-methyl/N-ethyl adjacent to an activating group) is 1. The van der Waals surface area contributed by atoms with Gasteiger partial charge in [0.25, 0.3) is 0 Å². The summed E-state index contributed by atoms with van der Waals surface area (Å²) in [6.45, 7) is 0. The number of nitrogens with one attached hydrogen (secondary N) is 1. The van der Waals surface area contributed by atoms with Gasteiger partial charge in [0.1, 0.15) is 6.04 Å². The number of H-pyrrole nitrogens is 1. The minimum absolute atomic E-state index is 0.444. The van der Waals surface area contributed by atoms with Gasteiger partial charge in [0, 0.05) is 17.9 Å². The van der Waals surface area contributed by atoms with Crippen LogP contribution in [0.1, 0.15) is 24.6 Å². The lowest BCUT2D eigenvalue weighted by atomic mass is 10.2. The number of carboxylic acids is 1. The summed E-state index contributed by atoms with van der Waals surface area (Å²) in [6, 6.07) is 3.56. The van der Waals surface area contributed by atoms with Crippen LogP contribution in [0, 0.1) is 0 Å². The number of hydrogen-bond acceptors (Lipinski definition) is 2. The zero-order chi connectivity index (χ0) is 10.1. The van der Waals surface area contributed by atoms with Crippen LogP contribution < -0.4 is 0 Å². The van der Waals surface area contributed by atoms with Crippen LogP contribution in [-0.2, 0) is 4.79 Å². The fraction of sp³-hybridized carbons (Fsp3) is 0.500. The number of aromatic nitrogens is 1. The maximum absolute atomic E-state index is 11.1. The topological polar surface area (TPSA) is 56.3 Å². The summed E-state index contributed by atoms with van der Waals surface area (Å²) in [5, 5.41) is 9.13. The van der Waals surface area contributed by atoms with E-state index in [1.54, 1.807) is 6.20 Å². The molecule has 76 valence electrons. The Hall–Kier alpha value is -1.29. The Morgan fingerprint density at radius 3 is 2.86 bits per heavy atom. The third kappa shape index (κ3) is 1.65. The van der Waals surface area contributed by atoms with E-state index in [2.05, 4.69) is 4.98 Å². The zero-order valence-corrected chi connectivity index (χ0v) is 8.10. The monoisotopic (exact) mass is 194 g/mol. The van der Waals surface area contributed by atoms with E-state index in [0.29, 0.717) is 6.04 Å². The lowest BCUT2D eigenvalue weighted by Crippen LogP contribution is -2.32. The molecule has 4 heteroatoms. The highest BCUT2D eigenvalue weighted by Gasteiger charge is 2.35. The van der Waals surface area contributed by atoms with Crippen molar-refractivity contribution in [2.75, 3.05) is 7.05 Å². The molecular formula is C10H14N2O2. The first kappa shape index (κ1) is 9.27. The van der Waals surface area contributed by atoms with Crippen LogP contribution in [-0.4, -0.2) is 34.0 Å². The molecule has 0 saturated heterocycles. The molecule has 0 spiro atoms. The van der Waals surface area contributed by atoms with Gasteiger partial charge in [-0.05, 0) is 32.0 Å². The van der Waals surface area contributed by atoms with Crippen LogP contribution in [0.25, 0.3) is 0 Å². The van der Waals surface area contributed by atoms with Crippen LogP contribution in [0.2, 0.25) is 0 Å².